The van der Waals surface area contributed by atoms with Crippen LogP contribution < -0.4 is 5.32 Å². The maximum Gasteiger partial charge on any atom is 0.498 e. The van der Waals surface area contributed by atoms with E-state index in [0.29, 0.717) is 0 Å². The van der Waals surface area contributed by atoms with Crippen molar-refractivity contribution >= 4 is 14.5 Å². The predicted molar refractivity (Wildman–Crippen MR) is 66.2 cm³/mol. The van der Waals surface area contributed by atoms with Crippen molar-refractivity contribution in [3.8, 4) is 0 Å². The summed E-state index contributed by atoms with van der Waals surface area (Å²) in [6, 6.07) is 9.88. The Morgan fingerprint density at radius 1 is 1.12 bits per heavy atom. The highest BCUT2D eigenvalue weighted by molar-refractivity contribution is 6.59. The first-order chi connectivity index (χ1) is 7.59. The quantitative estimate of drug-likeness (QED) is 0.613. The molecule has 0 aromatic heterocycles. The molecule has 0 aliphatic rings. The lowest BCUT2D eigenvalue weighted by Crippen LogP contribution is -2.44. The predicted octanol–water partition coefficient (Wildman–Crippen LogP) is 2.32. The average Bonchev–Trinajstić information content (AvgIpc) is 2.30. The van der Waals surface area contributed by atoms with Crippen molar-refractivity contribution in [2.24, 2.45) is 0 Å². The Morgan fingerprint density at radius 3 is 2.19 bits per heavy atom. The fourth-order valence-electron chi connectivity index (χ4n) is 1.30. The van der Waals surface area contributed by atoms with E-state index in [1.54, 1.807) is 14.2 Å². The summed E-state index contributed by atoms with van der Waals surface area (Å²) >= 11 is 0. The van der Waals surface area contributed by atoms with E-state index >= 15 is 0 Å². The lowest BCUT2D eigenvalue weighted by molar-refractivity contribution is 0.0800. The first-order valence-corrected chi connectivity index (χ1v) is 7.42. The van der Waals surface area contributed by atoms with E-state index in [1.807, 2.05) is 43.8 Å². The molecule has 1 rings (SSSR count). The Hall–Kier alpha value is -0.883. The van der Waals surface area contributed by atoms with Crippen molar-refractivity contribution in [3.63, 3.8) is 0 Å². The van der Waals surface area contributed by atoms with Crippen molar-refractivity contribution in [3.05, 3.63) is 30.3 Å². The second-order valence-corrected chi connectivity index (χ2v) is 6.32. The minimum Gasteiger partial charge on any atom is -0.377 e. The van der Waals surface area contributed by atoms with Crippen LogP contribution in [0.5, 0.6) is 0 Å². The molecule has 0 heterocycles. The maximum atomic E-state index is 5.72. The minimum atomic E-state index is -2.48. The molecule has 90 valence electrons. The summed E-state index contributed by atoms with van der Waals surface area (Å²) in [5.74, 6) is 0. The Kier molecular flexibility index (Phi) is 4.95. The molecule has 1 aromatic carbocycles. The molecule has 5 heteroatoms. The van der Waals surface area contributed by atoms with Gasteiger partial charge >= 0.3 is 8.80 Å². The molecule has 0 saturated heterocycles. The molecule has 4 nitrogen and oxygen atoms in total. The van der Waals surface area contributed by atoms with Crippen molar-refractivity contribution in [1.29, 1.82) is 0 Å². The third kappa shape index (κ3) is 3.94. The summed E-state index contributed by atoms with van der Waals surface area (Å²) in [4.78, 5) is 0. The van der Waals surface area contributed by atoms with Gasteiger partial charge in [0.05, 0.1) is 0 Å². The number of hydrogen-bond acceptors (Lipinski definition) is 4. The highest BCUT2D eigenvalue weighted by Crippen LogP contribution is 2.13. The Labute approximate surface area is 97.9 Å². The fraction of sp³-hybridized carbons (Fsp3) is 0.455. The number of nitrogens with one attached hydrogen (secondary N) is 1. The lowest BCUT2D eigenvalue weighted by atomic mass is 10.3. The zero-order chi connectivity index (χ0) is 12.0. The molecule has 1 aromatic rings. The molecule has 0 saturated carbocycles. The molecular formula is C11H19NO3Si. The first-order valence-electron chi connectivity index (χ1n) is 5.19. The largest absolute Gasteiger partial charge is 0.498 e. The summed E-state index contributed by atoms with van der Waals surface area (Å²) in [5, 5.41) is 3.22. The second kappa shape index (κ2) is 6.00. The molecule has 1 N–H and O–H groups in total. The summed E-state index contributed by atoms with van der Waals surface area (Å²) in [5.41, 5.74) is 1.01. The summed E-state index contributed by atoms with van der Waals surface area (Å²) in [7, 11) is 0.728. The SMILES string of the molecule is CO[Si](C)(OC)OC(C)Nc1ccccc1. The number of rotatable bonds is 6. The number of para-hydroxylation sites is 1. The topological polar surface area (TPSA) is 39.7 Å². The Balaban J connectivity index is 2.50. The van der Waals surface area contributed by atoms with E-state index < -0.39 is 8.80 Å². The smallest absolute Gasteiger partial charge is 0.377 e. The number of hydrogen-bond donors (Lipinski definition) is 1. The van der Waals surface area contributed by atoms with Gasteiger partial charge in [-0.3, -0.25) is 0 Å². The number of benzene rings is 1. The van der Waals surface area contributed by atoms with Crippen LogP contribution in [-0.4, -0.2) is 29.3 Å². The number of anilines is 1. The van der Waals surface area contributed by atoms with E-state index in [4.69, 9.17) is 13.3 Å². The van der Waals surface area contributed by atoms with Gasteiger partial charge < -0.3 is 18.6 Å². The normalized spacial score (nSPS) is 13.5. The highest BCUT2D eigenvalue weighted by atomic mass is 28.4. The van der Waals surface area contributed by atoms with Gasteiger partial charge in [-0.2, -0.15) is 0 Å². The molecule has 0 bridgehead atoms. The van der Waals surface area contributed by atoms with Crippen LogP contribution in [0.4, 0.5) is 5.69 Å². The van der Waals surface area contributed by atoms with Gasteiger partial charge in [0.2, 0.25) is 0 Å². The minimum absolute atomic E-state index is 0.154. The van der Waals surface area contributed by atoms with Gasteiger partial charge in [-0.15, -0.1) is 0 Å². The van der Waals surface area contributed by atoms with Crippen LogP contribution in [0, 0.1) is 0 Å². The fourth-order valence-corrected chi connectivity index (χ4v) is 2.36. The zero-order valence-electron chi connectivity index (χ0n) is 10.2. The highest BCUT2D eigenvalue weighted by Gasteiger charge is 2.34. The Morgan fingerprint density at radius 2 is 1.69 bits per heavy atom. The summed E-state index contributed by atoms with van der Waals surface area (Å²) in [6.07, 6.45) is -0.154. The van der Waals surface area contributed by atoms with Crippen LogP contribution in [0.25, 0.3) is 0 Å². The molecule has 0 radical (unpaired) electrons. The van der Waals surface area contributed by atoms with Gasteiger partial charge in [-0.1, -0.05) is 18.2 Å². The molecule has 0 spiro atoms. The van der Waals surface area contributed by atoms with E-state index in [1.165, 1.54) is 0 Å². The van der Waals surface area contributed by atoms with E-state index in [9.17, 15) is 0 Å². The third-order valence-corrected chi connectivity index (χ3v) is 4.54. The standard InChI is InChI=1S/C11H19NO3Si/c1-10(15-16(4,13-2)14-3)12-11-8-6-5-7-9-11/h5-10,12H,1-4H3. The van der Waals surface area contributed by atoms with Gasteiger partial charge in [-0.25, -0.2) is 0 Å². The molecule has 0 aliphatic carbocycles. The van der Waals surface area contributed by atoms with Crippen LogP contribution >= 0.6 is 0 Å². The van der Waals surface area contributed by atoms with E-state index in [2.05, 4.69) is 5.32 Å². The van der Waals surface area contributed by atoms with Crippen LogP contribution in [0.1, 0.15) is 6.92 Å². The van der Waals surface area contributed by atoms with Crippen LogP contribution in [0.2, 0.25) is 6.55 Å². The Bertz CT molecular complexity index is 303. The van der Waals surface area contributed by atoms with Crippen molar-refractivity contribution < 1.29 is 13.3 Å². The molecule has 0 amide bonds. The van der Waals surface area contributed by atoms with Gasteiger partial charge in [0, 0.05) is 26.5 Å². The molecule has 0 aliphatic heterocycles. The van der Waals surface area contributed by atoms with Crippen LogP contribution in [0.15, 0.2) is 30.3 Å². The van der Waals surface area contributed by atoms with Gasteiger partial charge in [0.25, 0.3) is 0 Å². The van der Waals surface area contributed by atoms with Crippen molar-refractivity contribution in [1.82, 2.24) is 0 Å². The molecule has 1 unspecified atom stereocenters. The van der Waals surface area contributed by atoms with Gasteiger partial charge in [-0.05, 0) is 19.1 Å². The van der Waals surface area contributed by atoms with E-state index in [-0.39, 0.29) is 6.23 Å². The molecule has 0 fully saturated rings. The van der Waals surface area contributed by atoms with Crippen LogP contribution in [0.3, 0.4) is 0 Å². The molecule has 16 heavy (non-hydrogen) atoms. The van der Waals surface area contributed by atoms with Crippen LogP contribution in [-0.2, 0) is 13.3 Å². The first kappa shape index (κ1) is 13.2. The third-order valence-electron chi connectivity index (χ3n) is 2.28. The average molecular weight is 241 g/mol. The molecule has 1 atom stereocenters. The van der Waals surface area contributed by atoms with Gasteiger partial charge in [0.1, 0.15) is 6.23 Å². The lowest BCUT2D eigenvalue weighted by Gasteiger charge is -2.27. The van der Waals surface area contributed by atoms with Gasteiger partial charge in [0.15, 0.2) is 0 Å². The monoisotopic (exact) mass is 241 g/mol. The van der Waals surface area contributed by atoms with Crippen molar-refractivity contribution in [2.45, 2.75) is 19.7 Å². The maximum absolute atomic E-state index is 5.72. The van der Waals surface area contributed by atoms with Crippen molar-refractivity contribution in [2.75, 3.05) is 19.5 Å². The van der Waals surface area contributed by atoms with E-state index in [0.717, 1.165) is 5.69 Å². The zero-order valence-corrected chi connectivity index (χ0v) is 11.2. The summed E-state index contributed by atoms with van der Waals surface area (Å²) < 4.78 is 16.2. The summed E-state index contributed by atoms with van der Waals surface area (Å²) in [6.45, 7) is 3.78. The second-order valence-electron chi connectivity index (χ2n) is 3.54. The molecular weight excluding hydrogens is 222 g/mol.